The van der Waals surface area contributed by atoms with Gasteiger partial charge in [0.05, 0.1) is 11.8 Å². The van der Waals surface area contributed by atoms with Gasteiger partial charge in [0.1, 0.15) is 11.1 Å². The minimum absolute atomic E-state index is 0.0166. The van der Waals surface area contributed by atoms with Crippen LogP contribution in [0, 0.1) is 12.7 Å². The number of carbonyl (C=O) groups is 2. The van der Waals surface area contributed by atoms with Crippen LogP contribution in [-0.4, -0.2) is 33.0 Å². The number of hydrazone groups is 1. The maximum atomic E-state index is 13.4. The topological polar surface area (TPSA) is 74.1 Å². The Labute approximate surface area is 207 Å². The lowest BCUT2D eigenvalue weighted by molar-refractivity contribution is -0.121. The normalized spacial score (nSPS) is 19.5. The van der Waals surface area contributed by atoms with E-state index in [0.717, 1.165) is 22.4 Å². The molecule has 0 saturated heterocycles. The fourth-order valence-corrected chi connectivity index (χ4v) is 5.12. The van der Waals surface area contributed by atoms with Gasteiger partial charge in [0.2, 0.25) is 5.91 Å². The highest BCUT2D eigenvalue weighted by Gasteiger charge is 2.39. The van der Waals surface area contributed by atoms with Crippen LogP contribution in [0.15, 0.2) is 89.0 Å². The number of thioether (sulfide) groups is 1. The average molecular weight is 487 g/mol. The Morgan fingerprint density at radius 3 is 2.49 bits per heavy atom. The second kappa shape index (κ2) is 9.84. The highest BCUT2D eigenvalue weighted by Crippen LogP contribution is 2.38. The molecule has 176 valence electrons. The Kier molecular flexibility index (Phi) is 6.46. The second-order valence-electron chi connectivity index (χ2n) is 8.49. The number of nitrogens with one attached hydrogen (secondary N) is 1. The summed E-state index contributed by atoms with van der Waals surface area (Å²) >= 11 is 1.25. The van der Waals surface area contributed by atoms with Crippen molar-refractivity contribution in [3.63, 3.8) is 0 Å². The van der Waals surface area contributed by atoms with Crippen LogP contribution in [0.5, 0.6) is 0 Å². The zero-order valence-electron chi connectivity index (χ0n) is 19.0. The van der Waals surface area contributed by atoms with Crippen LogP contribution in [0.25, 0.3) is 0 Å². The van der Waals surface area contributed by atoms with E-state index in [1.807, 2.05) is 61.5 Å². The number of carbonyl (C=O) groups excluding carboxylic acids is 2. The summed E-state index contributed by atoms with van der Waals surface area (Å²) in [6.07, 6.45) is 0.602. The summed E-state index contributed by atoms with van der Waals surface area (Å²) in [5, 5.41) is 9.23. The quantitative estimate of drug-likeness (QED) is 0.530. The second-order valence-corrected chi connectivity index (χ2v) is 9.66. The Morgan fingerprint density at radius 1 is 1.06 bits per heavy atom. The lowest BCUT2D eigenvalue weighted by Gasteiger charge is -2.23. The summed E-state index contributed by atoms with van der Waals surface area (Å²) in [6, 6.07) is 23.4. The van der Waals surface area contributed by atoms with Crippen LogP contribution in [0.1, 0.15) is 35.6 Å². The van der Waals surface area contributed by atoms with E-state index in [9.17, 15) is 14.0 Å². The van der Waals surface area contributed by atoms with Crippen molar-refractivity contribution in [2.45, 2.75) is 31.1 Å². The van der Waals surface area contributed by atoms with Crippen molar-refractivity contribution in [1.82, 2.24) is 5.01 Å². The number of halogens is 1. The first-order chi connectivity index (χ1) is 17.0. The fraction of sp³-hybridized carbons (Fsp3) is 0.185. The largest absolute Gasteiger partial charge is 0.326 e. The predicted molar refractivity (Wildman–Crippen MR) is 137 cm³/mol. The Hall–Kier alpha value is -3.78. The molecule has 2 heterocycles. The van der Waals surface area contributed by atoms with Crippen LogP contribution in [-0.2, 0) is 9.59 Å². The molecule has 0 fully saturated rings. The number of amidine groups is 1. The molecule has 2 atom stereocenters. The minimum atomic E-state index is -0.614. The molecule has 2 aliphatic rings. The van der Waals surface area contributed by atoms with Crippen molar-refractivity contribution in [2.24, 2.45) is 10.1 Å². The summed E-state index contributed by atoms with van der Waals surface area (Å²) in [5.41, 5.74) is 4.43. The van der Waals surface area contributed by atoms with Crippen LogP contribution < -0.4 is 5.32 Å². The number of aliphatic imine (C=N–C) groups is 1. The Morgan fingerprint density at radius 2 is 1.77 bits per heavy atom. The molecule has 0 aromatic heterocycles. The van der Waals surface area contributed by atoms with Gasteiger partial charge in [-0.15, -0.1) is 0 Å². The third-order valence-electron chi connectivity index (χ3n) is 5.90. The van der Waals surface area contributed by atoms with Gasteiger partial charge in [-0.1, -0.05) is 71.9 Å². The monoisotopic (exact) mass is 486 g/mol. The van der Waals surface area contributed by atoms with Gasteiger partial charge in [-0.2, -0.15) is 10.1 Å². The molecule has 2 aliphatic heterocycles. The van der Waals surface area contributed by atoms with Crippen LogP contribution in [0.4, 0.5) is 10.1 Å². The number of benzene rings is 3. The van der Waals surface area contributed by atoms with Gasteiger partial charge in [-0.05, 0) is 42.3 Å². The number of rotatable bonds is 5. The van der Waals surface area contributed by atoms with Gasteiger partial charge in [-0.25, -0.2) is 9.40 Å². The highest BCUT2D eigenvalue weighted by molar-refractivity contribution is 8.15. The minimum Gasteiger partial charge on any atom is -0.326 e. The molecule has 0 saturated carbocycles. The third kappa shape index (κ3) is 5.17. The molecule has 2 amide bonds. The fourth-order valence-electron chi connectivity index (χ4n) is 4.06. The van der Waals surface area contributed by atoms with Crippen molar-refractivity contribution in [3.8, 4) is 0 Å². The van der Waals surface area contributed by atoms with E-state index < -0.39 is 5.25 Å². The summed E-state index contributed by atoms with van der Waals surface area (Å²) in [4.78, 5) is 29.5. The molecule has 3 aromatic carbocycles. The van der Waals surface area contributed by atoms with Gasteiger partial charge in [-0.3, -0.25) is 9.59 Å². The molecule has 0 spiro atoms. The molecular formula is C27H23FN4O2S. The van der Waals surface area contributed by atoms with Crippen LogP contribution in [0.2, 0.25) is 0 Å². The molecule has 0 radical (unpaired) electrons. The summed E-state index contributed by atoms with van der Waals surface area (Å²) in [7, 11) is 0. The molecule has 0 bridgehead atoms. The van der Waals surface area contributed by atoms with E-state index in [4.69, 9.17) is 5.10 Å². The summed E-state index contributed by atoms with van der Waals surface area (Å²) < 4.78 is 13.4. The lowest BCUT2D eigenvalue weighted by atomic mass is 9.99. The van der Waals surface area contributed by atoms with Crippen molar-refractivity contribution in [3.05, 3.63) is 101 Å². The lowest BCUT2D eigenvalue weighted by Crippen LogP contribution is -2.25. The maximum absolute atomic E-state index is 13.4. The van der Waals surface area contributed by atoms with Gasteiger partial charge in [0.15, 0.2) is 5.17 Å². The first-order valence-corrected chi connectivity index (χ1v) is 12.2. The SMILES string of the molecule is Cc1ccc(NC(=O)C[C@H]2SC(N3N=C(c4ccc(F)cc4)C[C@@H]3c3ccccc3)=NC2=O)cc1. The van der Waals surface area contributed by atoms with E-state index in [1.165, 1.54) is 23.9 Å². The van der Waals surface area contributed by atoms with Gasteiger partial charge in [0.25, 0.3) is 5.91 Å². The summed E-state index contributed by atoms with van der Waals surface area (Å²) in [5.74, 6) is -0.897. The van der Waals surface area contributed by atoms with Gasteiger partial charge >= 0.3 is 0 Å². The molecule has 35 heavy (non-hydrogen) atoms. The zero-order chi connectivity index (χ0) is 24.4. The van der Waals surface area contributed by atoms with Crippen molar-refractivity contribution < 1.29 is 14.0 Å². The first kappa shape index (κ1) is 23.0. The van der Waals surface area contributed by atoms with Crippen molar-refractivity contribution in [2.75, 3.05) is 5.32 Å². The smallest absolute Gasteiger partial charge is 0.262 e. The van der Waals surface area contributed by atoms with E-state index >= 15 is 0 Å². The Bertz CT molecular complexity index is 1310. The molecule has 0 unspecified atom stereocenters. The number of nitrogens with zero attached hydrogens (tertiary/aromatic N) is 3. The molecular weight excluding hydrogens is 463 g/mol. The number of anilines is 1. The predicted octanol–water partition coefficient (Wildman–Crippen LogP) is 5.31. The molecule has 6 nitrogen and oxygen atoms in total. The molecule has 5 rings (SSSR count). The average Bonchev–Trinajstić information content (AvgIpc) is 3.46. The number of amides is 2. The van der Waals surface area contributed by atoms with Crippen molar-refractivity contribution >= 4 is 40.1 Å². The maximum Gasteiger partial charge on any atom is 0.262 e. The molecule has 0 aliphatic carbocycles. The van der Waals surface area contributed by atoms with Crippen molar-refractivity contribution in [1.29, 1.82) is 0 Å². The van der Waals surface area contributed by atoms with E-state index in [2.05, 4.69) is 10.3 Å². The van der Waals surface area contributed by atoms with Crippen LogP contribution >= 0.6 is 11.8 Å². The van der Waals surface area contributed by atoms with E-state index in [1.54, 1.807) is 17.1 Å². The standard InChI is InChI=1S/C27H23FN4O2S/c1-17-7-13-21(14-8-17)29-25(33)16-24-26(34)30-27(35-24)32-23(19-5-3-2-4-6-19)15-22(31-32)18-9-11-20(28)12-10-18/h2-14,23-24H,15-16H2,1H3,(H,29,33)/t23-,24-/m1/s1. The molecule has 8 heteroatoms. The Balaban J connectivity index is 1.33. The molecule has 1 N–H and O–H groups in total. The zero-order valence-corrected chi connectivity index (χ0v) is 19.8. The van der Waals surface area contributed by atoms with E-state index in [-0.39, 0.29) is 30.1 Å². The number of hydrogen-bond donors (Lipinski definition) is 1. The van der Waals surface area contributed by atoms with Gasteiger partial charge < -0.3 is 5.32 Å². The highest BCUT2D eigenvalue weighted by atomic mass is 32.2. The number of aryl methyl sites for hydroxylation is 1. The molecule has 3 aromatic rings. The first-order valence-electron chi connectivity index (χ1n) is 11.3. The van der Waals surface area contributed by atoms with Gasteiger partial charge in [0, 0.05) is 18.5 Å². The van der Waals surface area contributed by atoms with Crippen LogP contribution in [0.3, 0.4) is 0 Å². The summed E-state index contributed by atoms with van der Waals surface area (Å²) in [6.45, 7) is 1.98. The van der Waals surface area contributed by atoms with E-state index in [0.29, 0.717) is 17.3 Å². The number of hydrogen-bond acceptors (Lipinski definition) is 5. The third-order valence-corrected chi connectivity index (χ3v) is 7.05.